The zero-order valence-corrected chi connectivity index (χ0v) is 11.2. The van der Waals surface area contributed by atoms with Crippen LogP contribution in [0.2, 0.25) is 0 Å². The lowest BCUT2D eigenvalue weighted by Crippen LogP contribution is -2.26. The molecule has 0 aliphatic carbocycles. The lowest BCUT2D eigenvalue weighted by Gasteiger charge is -2.24. The summed E-state index contributed by atoms with van der Waals surface area (Å²) in [6.45, 7) is 4.30. The maximum absolute atomic E-state index is 5.97. The molecule has 1 aliphatic rings. The molecule has 1 aromatic heterocycles. The van der Waals surface area contributed by atoms with E-state index in [9.17, 15) is 0 Å². The molecule has 1 fully saturated rings. The molecule has 0 radical (unpaired) electrons. The van der Waals surface area contributed by atoms with Crippen molar-refractivity contribution in [1.82, 2.24) is 4.98 Å². The summed E-state index contributed by atoms with van der Waals surface area (Å²) in [5, 5.41) is 0. The molecule has 88 valence electrons. The fourth-order valence-corrected chi connectivity index (χ4v) is 3.05. The summed E-state index contributed by atoms with van der Waals surface area (Å²) in [6, 6.07) is 2.16. The highest BCUT2D eigenvalue weighted by Gasteiger charge is 2.13. The van der Waals surface area contributed by atoms with Crippen molar-refractivity contribution in [3.8, 4) is 0 Å². The van der Waals surface area contributed by atoms with Gasteiger partial charge in [0, 0.05) is 42.0 Å². The smallest absolute Gasteiger partial charge is 0.0509 e. The molecule has 16 heavy (non-hydrogen) atoms. The zero-order chi connectivity index (χ0) is 11.4. The van der Waals surface area contributed by atoms with Crippen molar-refractivity contribution < 1.29 is 0 Å². The minimum atomic E-state index is 0.548. The maximum Gasteiger partial charge on any atom is 0.0509 e. The molecule has 0 spiro atoms. The van der Waals surface area contributed by atoms with Crippen molar-refractivity contribution >= 4 is 29.1 Å². The first kappa shape index (κ1) is 12.1. The van der Waals surface area contributed by atoms with Gasteiger partial charge in [-0.15, -0.1) is 11.6 Å². The standard InChI is InChI=1S/C12H17ClN2S/c1-10-7-12(11(8-13)9-14-10)15-3-2-5-16-6-4-15/h7,9H,2-6,8H2,1H3. The summed E-state index contributed by atoms with van der Waals surface area (Å²) in [7, 11) is 0. The Morgan fingerprint density at radius 1 is 1.44 bits per heavy atom. The Morgan fingerprint density at radius 2 is 2.31 bits per heavy atom. The summed E-state index contributed by atoms with van der Waals surface area (Å²) in [6.07, 6.45) is 3.17. The van der Waals surface area contributed by atoms with E-state index in [4.69, 9.17) is 11.6 Å². The lowest BCUT2D eigenvalue weighted by atomic mass is 10.2. The van der Waals surface area contributed by atoms with Gasteiger partial charge in [0.2, 0.25) is 0 Å². The molecule has 0 aromatic carbocycles. The van der Waals surface area contributed by atoms with Gasteiger partial charge in [-0.25, -0.2) is 0 Å². The quantitative estimate of drug-likeness (QED) is 0.757. The second-order valence-electron chi connectivity index (χ2n) is 4.04. The fourth-order valence-electron chi connectivity index (χ4n) is 1.96. The topological polar surface area (TPSA) is 16.1 Å². The normalized spacial score (nSPS) is 17.2. The van der Waals surface area contributed by atoms with Crippen molar-refractivity contribution in [2.24, 2.45) is 0 Å². The van der Waals surface area contributed by atoms with Crippen LogP contribution < -0.4 is 4.90 Å². The summed E-state index contributed by atoms with van der Waals surface area (Å²) in [5.41, 5.74) is 3.50. The number of alkyl halides is 1. The zero-order valence-electron chi connectivity index (χ0n) is 9.58. The first-order chi connectivity index (χ1) is 7.81. The molecule has 1 aromatic rings. The van der Waals surface area contributed by atoms with Gasteiger partial charge in [-0.1, -0.05) is 0 Å². The van der Waals surface area contributed by atoms with Crippen molar-refractivity contribution in [3.05, 3.63) is 23.5 Å². The Balaban J connectivity index is 2.25. The third-order valence-electron chi connectivity index (χ3n) is 2.81. The highest BCUT2D eigenvalue weighted by atomic mass is 35.5. The number of hydrogen-bond donors (Lipinski definition) is 0. The molecule has 0 atom stereocenters. The molecule has 0 bridgehead atoms. The van der Waals surface area contributed by atoms with Crippen molar-refractivity contribution in [2.45, 2.75) is 19.2 Å². The molecule has 2 nitrogen and oxygen atoms in total. The fraction of sp³-hybridized carbons (Fsp3) is 0.583. The highest BCUT2D eigenvalue weighted by Crippen LogP contribution is 2.25. The SMILES string of the molecule is Cc1cc(N2CCCSCC2)c(CCl)cn1. The van der Waals surface area contributed by atoms with E-state index < -0.39 is 0 Å². The number of rotatable bonds is 2. The number of aromatic nitrogens is 1. The number of thioether (sulfide) groups is 1. The van der Waals surface area contributed by atoms with E-state index in [1.54, 1.807) is 0 Å². The van der Waals surface area contributed by atoms with Crippen LogP contribution in [-0.4, -0.2) is 29.6 Å². The van der Waals surface area contributed by atoms with E-state index in [1.165, 1.54) is 23.6 Å². The van der Waals surface area contributed by atoms with Crippen LogP contribution in [-0.2, 0) is 5.88 Å². The van der Waals surface area contributed by atoms with Crippen LogP contribution in [0.25, 0.3) is 0 Å². The number of hydrogen-bond acceptors (Lipinski definition) is 3. The number of pyridine rings is 1. The van der Waals surface area contributed by atoms with Crippen LogP contribution in [0.15, 0.2) is 12.3 Å². The summed E-state index contributed by atoms with van der Waals surface area (Å²) in [4.78, 5) is 6.76. The minimum Gasteiger partial charge on any atom is -0.370 e. The molecule has 2 rings (SSSR count). The largest absolute Gasteiger partial charge is 0.370 e. The molecule has 4 heteroatoms. The van der Waals surface area contributed by atoms with Gasteiger partial charge < -0.3 is 4.90 Å². The molecule has 0 N–H and O–H groups in total. The van der Waals surface area contributed by atoms with Crippen molar-refractivity contribution in [3.63, 3.8) is 0 Å². The summed E-state index contributed by atoms with van der Waals surface area (Å²) in [5.74, 6) is 3.03. The average Bonchev–Trinajstić information content (AvgIpc) is 2.57. The molecular weight excluding hydrogens is 240 g/mol. The molecule has 0 amide bonds. The second-order valence-corrected chi connectivity index (χ2v) is 5.53. The van der Waals surface area contributed by atoms with Crippen LogP contribution >= 0.6 is 23.4 Å². The maximum atomic E-state index is 5.97. The highest BCUT2D eigenvalue weighted by molar-refractivity contribution is 7.99. The summed E-state index contributed by atoms with van der Waals surface area (Å²) >= 11 is 8.01. The van der Waals surface area contributed by atoms with Gasteiger partial charge >= 0.3 is 0 Å². The van der Waals surface area contributed by atoms with E-state index in [0.717, 1.165) is 24.3 Å². The molecule has 0 unspecified atom stereocenters. The Hall–Kier alpha value is -0.410. The Labute approximate surface area is 106 Å². The second kappa shape index (κ2) is 5.78. The Kier molecular flexibility index (Phi) is 4.36. The first-order valence-corrected chi connectivity index (χ1v) is 7.34. The number of nitrogens with zero attached hydrogens (tertiary/aromatic N) is 2. The van der Waals surface area contributed by atoms with Crippen LogP contribution in [0.4, 0.5) is 5.69 Å². The van der Waals surface area contributed by atoms with Gasteiger partial charge in [0.05, 0.1) is 5.88 Å². The van der Waals surface area contributed by atoms with Gasteiger partial charge in [-0.3, -0.25) is 4.98 Å². The molecule has 0 saturated carbocycles. The third-order valence-corrected chi connectivity index (χ3v) is 4.14. The lowest BCUT2D eigenvalue weighted by molar-refractivity contribution is 0.810. The van der Waals surface area contributed by atoms with Crippen LogP contribution in [0.5, 0.6) is 0 Å². The van der Waals surface area contributed by atoms with E-state index >= 15 is 0 Å². The van der Waals surface area contributed by atoms with Gasteiger partial charge in [0.1, 0.15) is 0 Å². The van der Waals surface area contributed by atoms with Crippen LogP contribution in [0.1, 0.15) is 17.7 Å². The molecule has 2 heterocycles. The molecule has 1 aliphatic heterocycles. The van der Waals surface area contributed by atoms with E-state index in [1.807, 2.05) is 24.9 Å². The molecule has 1 saturated heterocycles. The van der Waals surface area contributed by atoms with Crippen LogP contribution in [0.3, 0.4) is 0 Å². The van der Waals surface area contributed by atoms with Crippen molar-refractivity contribution in [1.29, 1.82) is 0 Å². The summed E-state index contributed by atoms with van der Waals surface area (Å²) < 4.78 is 0. The first-order valence-electron chi connectivity index (χ1n) is 5.65. The predicted molar refractivity (Wildman–Crippen MR) is 72.7 cm³/mol. The van der Waals surface area contributed by atoms with Gasteiger partial charge in [0.15, 0.2) is 0 Å². The third kappa shape index (κ3) is 2.83. The minimum absolute atomic E-state index is 0.548. The average molecular weight is 257 g/mol. The van der Waals surface area contributed by atoms with E-state index in [0.29, 0.717) is 5.88 Å². The van der Waals surface area contributed by atoms with Crippen LogP contribution in [0, 0.1) is 6.92 Å². The van der Waals surface area contributed by atoms with Crippen molar-refractivity contribution in [2.75, 3.05) is 29.5 Å². The Bertz CT molecular complexity index is 349. The monoisotopic (exact) mass is 256 g/mol. The van der Waals surface area contributed by atoms with Gasteiger partial charge in [-0.2, -0.15) is 11.8 Å². The number of anilines is 1. The number of aryl methyl sites for hydroxylation is 1. The predicted octanol–water partition coefficient (Wildman–Crippen LogP) is 3.07. The van der Waals surface area contributed by atoms with E-state index in [-0.39, 0.29) is 0 Å². The molecular formula is C12H17ClN2S. The Morgan fingerprint density at radius 3 is 3.12 bits per heavy atom. The van der Waals surface area contributed by atoms with Gasteiger partial charge in [0.25, 0.3) is 0 Å². The van der Waals surface area contributed by atoms with Gasteiger partial charge in [-0.05, 0) is 25.2 Å². The van der Waals surface area contributed by atoms with E-state index in [2.05, 4.69) is 16.0 Å². The number of halogens is 1.